The van der Waals surface area contributed by atoms with Crippen LogP contribution in [0.3, 0.4) is 0 Å². The Bertz CT molecular complexity index is 386. The Morgan fingerprint density at radius 3 is 2.69 bits per heavy atom. The maximum absolute atomic E-state index is 10.4. The Hall–Kier alpha value is -1.07. The molecule has 0 radical (unpaired) electrons. The monoisotopic (exact) mass is 201 g/mol. The van der Waals surface area contributed by atoms with Gasteiger partial charge in [0.2, 0.25) is 0 Å². The minimum absolute atomic E-state index is 0.462. The highest BCUT2D eigenvalue weighted by Gasteiger charge is 2.02. The molecule has 0 aliphatic heterocycles. The van der Waals surface area contributed by atoms with Crippen LogP contribution in [0.4, 0.5) is 5.69 Å². The first-order valence-corrected chi connectivity index (χ1v) is 5.34. The summed E-state index contributed by atoms with van der Waals surface area (Å²) in [5.74, 6) is -0.462. The fraction of sp³-hybridized carbons (Fsp3) is 0.250. The number of rotatable bonds is 3. The first-order chi connectivity index (χ1) is 5.97. The van der Waals surface area contributed by atoms with E-state index in [0.717, 1.165) is 5.56 Å². The molecule has 1 aromatic rings. The fourth-order valence-electron chi connectivity index (χ4n) is 0.930. The van der Waals surface area contributed by atoms with Gasteiger partial charge in [0.1, 0.15) is 5.88 Å². The molecule has 0 unspecified atom stereocenters. The molecule has 0 atom stereocenters. The second-order valence-electron chi connectivity index (χ2n) is 2.77. The Kier molecular flexibility index (Phi) is 2.90. The molecule has 2 N–H and O–H groups in total. The van der Waals surface area contributed by atoms with Gasteiger partial charge in [-0.1, -0.05) is 12.1 Å². The van der Waals surface area contributed by atoms with Crippen LogP contribution in [0.1, 0.15) is 5.56 Å². The Morgan fingerprint density at radius 1 is 1.46 bits per heavy atom. The summed E-state index contributed by atoms with van der Waals surface area (Å²) < 4.78 is 29.2. The minimum atomic E-state index is -3.95. The molecule has 0 fully saturated rings. The number of aryl methyl sites for hydroxylation is 1. The van der Waals surface area contributed by atoms with Gasteiger partial charge in [-0.25, -0.2) is 0 Å². The van der Waals surface area contributed by atoms with Crippen molar-refractivity contribution in [2.24, 2.45) is 0 Å². The van der Waals surface area contributed by atoms with Gasteiger partial charge in [0.15, 0.2) is 0 Å². The molecule has 0 aliphatic rings. The standard InChI is InChI=1S/C8H11NO3S/c1-7-3-2-4-8(5-7)9-6-13(10,11)12/h2-5,9H,6H2,1H3,(H,10,11,12). The van der Waals surface area contributed by atoms with Crippen LogP contribution in [0.2, 0.25) is 0 Å². The van der Waals surface area contributed by atoms with Gasteiger partial charge in [-0.2, -0.15) is 8.42 Å². The lowest BCUT2D eigenvalue weighted by atomic mass is 10.2. The topological polar surface area (TPSA) is 66.4 Å². The second kappa shape index (κ2) is 3.76. The van der Waals surface area contributed by atoms with Crippen molar-refractivity contribution in [1.29, 1.82) is 0 Å². The van der Waals surface area contributed by atoms with Crippen LogP contribution in [-0.4, -0.2) is 18.8 Å². The highest BCUT2D eigenvalue weighted by atomic mass is 32.2. The molecule has 0 saturated carbocycles. The van der Waals surface area contributed by atoms with E-state index in [1.807, 2.05) is 19.1 Å². The number of hydrogen-bond acceptors (Lipinski definition) is 3. The predicted octanol–water partition coefficient (Wildman–Crippen LogP) is 1.25. The maximum atomic E-state index is 10.4. The molecule has 0 spiro atoms. The van der Waals surface area contributed by atoms with Gasteiger partial charge in [0, 0.05) is 5.69 Å². The molecule has 1 rings (SSSR count). The Morgan fingerprint density at radius 2 is 2.15 bits per heavy atom. The minimum Gasteiger partial charge on any atom is -0.370 e. The lowest BCUT2D eigenvalue weighted by Gasteiger charge is -2.04. The van der Waals surface area contributed by atoms with Crippen molar-refractivity contribution >= 4 is 15.8 Å². The van der Waals surface area contributed by atoms with Crippen LogP contribution >= 0.6 is 0 Å². The molecule has 0 aliphatic carbocycles. The lowest BCUT2D eigenvalue weighted by Crippen LogP contribution is -2.12. The summed E-state index contributed by atoms with van der Waals surface area (Å²) in [7, 11) is -3.95. The van der Waals surface area contributed by atoms with Crippen LogP contribution in [0.5, 0.6) is 0 Å². The van der Waals surface area contributed by atoms with E-state index in [-0.39, 0.29) is 0 Å². The molecule has 0 aromatic heterocycles. The van der Waals surface area contributed by atoms with Crippen LogP contribution < -0.4 is 5.32 Å². The highest BCUT2D eigenvalue weighted by molar-refractivity contribution is 7.85. The van der Waals surface area contributed by atoms with E-state index in [0.29, 0.717) is 5.69 Å². The van der Waals surface area contributed by atoms with Gasteiger partial charge < -0.3 is 5.32 Å². The first-order valence-electron chi connectivity index (χ1n) is 3.73. The van der Waals surface area contributed by atoms with Crippen LogP contribution in [-0.2, 0) is 10.1 Å². The van der Waals surface area contributed by atoms with E-state index in [1.165, 1.54) is 0 Å². The third-order valence-electron chi connectivity index (χ3n) is 1.48. The maximum Gasteiger partial charge on any atom is 0.283 e. The molecule has 0 saturated heterocycles. The summed E-state index contributed by atoms with van der Waals surface area (Å²) >= 11 is 0. The summed E-state index contributed by atoms with van der Waals surface area (Å²) in [4.78, 5) is 0. The van der Waals surface area contributed by atoms with Gasteiger partial charge in [0.05, 0.1) is 0 Å². The van der Waals surface area contributed by atoms with Gasteiger partial charge in [-0.15, -0.1) is 0 Å². The molecular formula is C8H11NO3S. The van der Waals surface area contributed by atoms with E-state index in [4.69, 9.17) is 4.55 Å². The summed E-state index contributed by atoms with van der Waals surface area (Å²) in [6, 6.07) is 7.24. The second-order valence-corrected chi connectivity index (χ2v) is 4.23. The Labute approximate surface area is 77.3 Å². The third-order valence-corrected chi connectivity index (χ3v) is 1.99. The SMILES string of the molecule is Cc1cccc(NCS(=O)(=O)O)c1. The molecule has 1 aromatic carbocycles. The molecule has 13 heavy (non-hydrogen) atoms. The number of nitrogens with one attached hydrogen (secondary N) is 1. The van der Waals surface area contributed by atoms with Crippen molar-refractivity contribution in [3.8, 4) is 0 Å². The van der Waals surface area contributed by atoms with Crippen molar-refractivity contribution in [3.05, 3.63) is 29.8 Å². The van der Waals surface area contributed by atoms with Crippen molar-refractivity contribution in [2.45, 2.75) is 6.92 Å². The van der Waals surface area contributed by atoms with E-state index in [9.17, 15) is 8.42 Å². The average molecular weight is 201 g/mol. The van der Waals surface area contributed by atoms with Crippen molar-refractivity contribution < 1.29 is 13.0 Å². The zero-order valence-electron chi connectivity index (χ0n) is 7.19. The third kappa shape index (κ3) is 3.91. The fourth-order valence-corrected chi connectivity index (χ4v) is 1.28. The quantitative estimate of drug-likeness (QED) is 0.722. The van der Waals surface area contributed by atoms with Crippen molar-refractivity contribution in [3.63, 3.8) is 0 Å². The van der Waals surface area contributed by atoms with Crippen LogP contribution in [0, 0.1) is 6.92 Å². The molecule has 5 heteroatoms. The molecule has 0 bridgehead atoms. The van der Waals surface area contributed by atoms with Gasteiger partial charge in [-0.05, 0) is 24.6 Å². The zero-order valence-corrected chi connectivity index (χ0v) is 8.00. The molecule has 0 amide bonds. The van der Waals surface area contributed by atoms with Crippen LogP contribution in [0.15, 0.2) is 24.3 Å². The number of benzene rings is 1. The first kappa shape index (κ1) is 10.0. The summed E-state index contributed by atoms with van der Waals surface area (Å²) in [5.41, 5.74) is 1.71. The molecule has 4 nitrogen and oxygen atoms in total. The summed E-state index contributed by atoms with van der Waals surface area (Å²) in [5, 5.41) is 2.59. The van der Waals surface area contributed by atoms with Crippen molar-refractivity contribution in [1.82, 2.24) is 0 Å². The van der Waals surface area contributed by atoms with E-state index < -0.39 is 16.0 Å². The summed E-state index contributed by atoms with van der Waals surface area (Å²) in [6.07, 6.45) is 0. The molecule has 72 valence electrons. The molecular weight excluding hydrogens is 190 g/mol. The van der Waals surface area contributed by atoms with Crippen LogP contribution in [0.25, 0.3) is 0 Å². The number of anilines is 1. The van der Waals surface area contributed by atoms with E-state index in [1.54, 1.807) is 12.1 Å². The highest BCUT2D eigenvalue weighted by Crippen LogP contribution is 2.09. The van der Waals surface area contributed by atoms with E-state index >= 15 is 0 Å². The predicted molar refractivity (Wildman–Crippen MR) is 51.2 cm³/mol. The lowest BCUT2D eigenvalue weighted by molar-refractivity contribution is 0.485. The van der Waals surface area contributed by atoms with Gasteiger partial charge >= 0.3 is 0 Å². The van der Waals surface area contributed by atoms with Gasteiger partial charge in [0.25, 0.3) is 10.1 Å². The average Bonchev–Trinajstić information content (AvgIpc) is 2.00. The Balaban J connectivity index is 2.65. The zero-order chi connectivity index (χ0) is 9.90. The normalized spacial score (nSPS) is 11.2. The molecule has 0 heterocycles. The van der Waals surface area contributed by atoms with Crippen molar-refractivity contribution in [2.75, 3.05) is 11.2 Å². The smallest absolute Gasteiger partial charge is 0.283 e. The largest absolute Gasteiger partial charge is 0.370 e. The van der Waals surface area contributed by atoms with Gasteiger partial charge in [-0.3, -0.25) is 4.55 Å². The number of hydrogen-bond donors (Lipinski definition) is 2. The summed E-state index contributed by atoms with van der Waals surface area (Å²) in [6.45, 7) is 1.90. The van der Waals surface area contributed by atoms with E-state index in [2.05, 4.69) is 5.32 Å².